The highest BCUT2D eigenvalue weighted by Crippen LogP contribution is 2.20. The second-order valence-corrected chi connectivity index (χ2v) is 5.47. The van der Waals surface area contributed by atoms with E-state index in [1.54, 1.807) is 0 Å². The minimum Gasteiger partial charge on any atom is -0.368 e. The third-order valence-corrected chi connectivity index (χ3v) is 3.73. The van der Waals surface area contributed by atoms with Crippen LogP contribution in [0.25, 0.3) is 0 Å². The Bertz CT molecular complexity index is 584. The number of hydrogen-bond donors (Lipinski definition) is 2. The van der Waals surface area contributed by atoms with Crippen LogP contribution in [0.2, 0.25) is 0 Å². The number of carbonyl (C=O) groups is 1. The Balaban J connectivity index is 1.94. The van der Waals surface area contributed by atoms with E-state index in [9.17, 15) is 4.79 Å². The summed E-state index contributed by atoms with van der Waals surface area (Å²) in [6.45, 7) is 2.68. The molecule has 0 atom stereocenters. The van der Waals surface area contributed by atoms with Crippen LogP contribution in [-0.2, 0) is 5.75 Å². The first-order valence-electron chi connectivity index (χ1n) is 6.88. The largest absolute Gasteiger partial charge is 0.368 e. The Morgan fingerprint density at radius 3 is 2.86 bits per heavy atom. The van der Waals surface area contributed by atoms with Gasteiger partial charge in [-0.2, -0.15) is 4.98 Å². The molecule has 0 saturated carbocycles. The summed E-state index contributed by atoms with van der Waals surface area (Å²) in [5, 5.41) is 7.40. The zero-order valence-corrected chi connectivity index (χ0v) is 12.8. The van der Waals surface area contributed by atoms with Crippen LogP contribution < -0.4 is 11.1 Å². The van der Waals surface area contributed by atoms with Gasteiger partial charge in [0.1, 0.15) is 0 Å². The topological polar surface area (TPSA) is 85.8 Å². The summed E-state index contributed by atoms with van der Waals surface area (Å²) in [7, 11) is 0. The van der Waals surface area contributed by atoms with Crippen LogP contribution in [0, 0.1) is 0 Å². The lowest BCUT2D eigenvalue weighted by molar-refractivity contribution is 0.239. The second-order valence-electron chi connectivity index (χ2n) is 4.52. The van der Waals surface area contributed by atoms with Gasteiger partial charge in [-0.3, -0.25) is 0 Å². The van der Waals surface area contributed by atoms with Crippen molar-refractivity contribution in [3.63, 3.8) is 0 Å². The average molecular weight is 305 g/mol. The summed E-state index contributed by atoms with van der Waals surface area (Å²) >= 11 is 1.45. The van der Waals surface area contributed by atoms with E-state index in [1.807, 2.05) is 30.3 Å². The van der Waals surface area contributed by atoms with Gasteiger partial charge in [0.25, 0.3) is 0 Å². The van der Waals surface area contributed by atoms with E-state index in [-0.39, 0.29) is 12.0 Å². The summed E-state index contributed by atoms with van der Waals surface area (Å²) in [5.41, 5.74) is 6.90. The molecule has 112 valence electrons. The fourth-order valence-electron chi connectivity index (χ4n) is 1.68. The Morgan fingerprint density at radius 1 is 1.38 bits per heavy atom. The monoisotopic (exact) mass is 305 g/mol. The molecule has 0 aliphatic heterocycles. The molecule has 3 N–H and O–H groups in total. The van der Waals surface area contributed by atoms with Crippen LogP contribution in [0.1, 0.15) is 25.3 Å². The van der Waals surface area contributed by atoms with Gasteiger partial charge in [-0.25, -0.2) is 4.79 Å². The number of nitrogens with zero attached hydrogens (tertiary/aromatic N) is 3. The molecule has 0 radical (unpaired) electrons. The lowest BCUT2D eigenvalue weighted by Crippen LogP contribution is -2.31. The number of rotatable bonds is 6. The molecule has 0 saturated heterocycles. The molecule has 0 fully saturated rings. The highest BCUT2D eigenvalue weighted by atomic mass is 32.2. The van der Waals surface area contributed by atoms with Gasteiger partial charge in [0.15, 0.2) is 0 Å². The predicted octanol–water partition coefficient (Wildman–Crippen LogP) is 2.51. The lowest BCUT2D eigenvalue weighted by Gasteiger charge is -2.03. The summed E-state index contributed by atoms with van der Waals surface area (Å²) in [6.07, 6.45) is 1.95. The highest BCUT2D eigenvalue weighted by molar-refractivity contribution is 7.98. The molecule has 1 heterocycles. The molecule has 2 aromatic rings. The summed E-state index contributed by atoms with van der Waals surface area (Å²) < 4.78 is 1.11. The maximum absolute atomic E-state index is 11.9. The first-order valence-corrected chi connectivity index (χ1v) is 7.86. The summed E-state index contributed by atoms with van der Waals surface area (Å²) in [4.78, 5) is 16.0. The Labute approximate surface area is 128 Å². The van der Waals surface area contributed by atoms with Crippen LogP contribution in [-0.4, -0.2) is 27.3 Å². The zero-order valence-electron chi connectivity index (χ0n) is 12.0. The predicted molar refractivity (Wildman–Crippen MR) is 84.1 cm³/mol. The number of aromatic nitrogens is 3. The zero-order chi connectivity index (χ0) is 15.1. The van der Waals surface area contributed by atoms with E-state index in [0.29, 0.717) is 11.7 Å². The van der Waals surface area contributed by atoms with Gasteiger partial charge in [-0.1, -0.05) is 55.4 Å². The quantitative estimate of drug-likeness (QED) is 0.632. The van der Waals surface area contributed by atoms with Crippen molar-refractivity contribution >= 4 is 23.7 Å². The molecule has 0 spiro atoms. The second kappa shape index (κ2) is 7.68. The van der Waals surface area contributed by atoms with Gasteiger partial charge >= 0.3 is 6.03 Å². The van der Waals surface area contributed by atoms with Crippen molar-refractivity contribution in [1.82, 2.24) is 20.1 Å². The highest BCUT2D eigenvalue weighted by Gasteiger charge is 2.13. The first kappa shape index (κ1) is 15.4. The molecule has 0 bridgehead atoms. The molecule has 2 rings (SSSR count). The number of hydrogen-bond acceptors (Lipinski definition) is 5. The maximum Gasteiger partial charge on any atom is 0.345 e. The number of nitrogens with one attached hydrogen (secondary N) is 1. The fourth-order valence-corrected chi connectivity index (χ4v) is 2.47. The molecule has 1 aromatic heterocycles. The normalized spacial score (nSPS) is 10.5. The number of anilines is 1. The number of benzene rings is 1. The fraction of sp³-hybridized carbons (Fsp3) is 0.357. The third kappa shape index (κ3) is 4.49. The van der Waals surface area contributed by atoms with Gasteiger partial charge in [0.2, 0.25) is 11.1 Å². The van der Waals surface area contributed by atoms with Crippen molar-refractivity contribution in [2.24, 2.45) is 0 Å². The summed E-state index contributed by atoms with van der Waals surface area (Å²) in [5.74, 6) is 0.849. The number of nitrogen functional groups attached to an aromatic ring is 1. The van der Waals surface area contributed by atoms with Gasteiger partial charge < -0.3 is 11.1 Å². The molecule has 0 aliphatic rings. The molecule has 0 unspecified atom stereocenters. The number of unbranched alkanes of at least 4 members (excludes halogenated alkanes) is 1. The maximum atomic E-state index is 11.9. The van der Waals surface area contributed by atoms with E-state index in [1.165, 1.54) is 17.3 Å². The van der Waals surface area contributed by atoms with Crippen molar-refractivity contribution in [1.29, 1.82) is 0 Å². The Morgan fingerprint density at radius 2 is 2.14 bits per heavy atom. The first-order chi connectivity index (χ1) is 10.2. The molecular weight excluding hydrogens is 286 g/mol. The van der Waals surface area contributed by atoms with E-state index < -0.39 is 0 Å². The number of nitrogens with two attached hydrogens (primary N) is 1. The van der Waals surface area contributed by atoms with Crippen molar-refractivity contribution < 1.29 is 4.79 Å². The van der Waals surface area contributed by atoms with Crippen LogP contribution in [0.15, 0.2) is 35.5 Å². The van der Waals surface area contributed by atoms with Crippen molar-refractivity contribution in [3.05, 3.63) is 35.9 Å². The van der Waals surface area contributed by atoms with Crippen molar-refractivity contribution in [3.8, 4) is 0 Å². The minimum atomic E-state index is -0.333. The molecule has 6 nitrogen and oxygen atoms in total. The number of carbonyl (C=O) groups excluding carboxylic acids is 1. The van der Waals surface area contributed by atoms with E-state index in [4.69, 9.17) is 5.73 Å². The molecule has 0 aliphatic carbocycles. The molecule has 1 aromatic carbocycles. The number of thioether (sulfide) groups is 1. The van der Waals surface area contributed by atoms with Crippen LogP contribution in [0.4, 0.5) is 10.7 Å². The van der Waals surface area contributed by atoms with Crippen molar-refractivity contribution in [2.45, 2.75) is 30.7 Å². The SMILES string of the molecule is CCCCNC(=O)n1nc(SCc2ccccc2)nc1N. The molecule has 7 heteroatoms. The average Bonchev–Trinajstić information content (AvgIpc) is 2.87. The number of amides is 1. The minimum absolute atomic E-state index is 0.111. The molecule has 21 heavy (non-hydrogen) atoms. The van der Waals surface area contributed by atoms with E-state index in [0.717, 1.165) is 23.3 Å². The lowest BCUT2D eigenvalue weighted by atomic mass is 10.2. The smallest absolute Gasteiger partial charge is 0.345 e. The van der Waals surface area contributed by atoms with Gasteiger partial charge in [0.05, 0.1) is 0 Å². The Hall–Kier alpha value is -2.02. The summed E-state index contributed by atoms with van der Waals surface area (Å²) in [6, 6.07) is 9.67. The van der Waals surface area contributed by atoms with E-state index >= 15 is 0 Å². The van der Waals surface area contributed by atoms with Gasteiger partial charge in [-0.15, -0.1) is 9.78 Å². The van der Waals surface area contributed by atoms with Crippen molar-refractivity contribution in [2.75, 3.05) is 12.3 Å². The van der Waals surface area contributed by atoms with E-state index in [2.05, 4.69) is 22.3 Å². The van der Waals surface area contributed by atoms with Crippen LogP contribution in [0.5, 0.6) is 0 Å². The third-order valence-electron chi connectivity index (χ3n) is 2.82. The standard InChI is InChI=1S/C14H19N5OS/c1-2-3-9-16-14(20)19-12(15)17-13(18-19)21-10-11-7-5-4-6-8-11/h4-8H,2-3,9-10H2,1H3,(H,16,20)(H2,15,17,18). The van der Waals surface area contributed by atoms with Gasteiger partial charge in [0, 0.05) is 12.3 Å². The Kier molecular flexibility index (Phi) is 5.62. The molecule has 1 amide bonds. The van der Waals surface area contributed by atoms with Gasteiger partial charge in [-0.05, 0) is 12.0 Å². The molecular formula is C14H19N5OS. The van der Waals surface area contributed by atoms with Crippen LogP contribution in [0.3, 0.4) is 0 Å². The van der Waals surface area contributed by atoms with Crippen LogP contribution >= 0.6 is 11.8 Å².